The van der Waals surface area contributed by atoms with E-state index in [1.807, 2.05) is 6.08 Å². The van der Waals surface area contributed by atoms with Crippen LogP contribution in [-0.4, -0.2) is 5.91 Å². The van der Waals surface area contributed by atoms with E-state index < -0.39 is 0 Å². The summed E-state index contributed by atoms with van der Waals surface area (Å²) in [5, 5.41) is 0. The van der Waals surface area contributed by atoms with E-state index in [4.69, 9.17) is 5.73 Å². The molecule has 1 amide bonds. The summed E-state index contributed by atoms with van der Waals surface area (Å²) in [5.41, 5.74) is 5.06. The van der Waals surface area contributed by atoms with Gasteiger partial charge in [-0.05, 0) is 44.9 Å². The Labute approximate surface area is 148 Å². The minimum atomic E-state index is -0.241. The molecule has 0 saturated heterocycles. The molecule has 0 heterocycles. The van der Waals surface area contributed by atoms with Crippen LogP contribution < -0.4 is 5.73 Å². The van der Waals surface area contributed by atoms with Crippen LogP contribution in [0.15, 0.2) is 72.9 Å². The molecule has 0 aromatic rings. The number of hydrogen-bond acceptors (Lipinski definition) is 1. The van der Waals surface area contributed by atoms with Crippen molar-refractivity contribution in [2.75, 3.05) is 0 Å². The Bertz CT molecular complexity index is 464. The molecule has 24 heavy (non-hydrogen) atoms. The van der Waals surface area contributed by atoms with Crippen molar-refractivity contribution in [2.24, 2.45) is 5.73 Å². The van der Waals surface area contributed by atoms with Gasteiger partial charge in [-0.1, -0.05) is 79.8 Å². The third-order valence-corrected chi connectivity index (χ3v) is 3.15. The zero-order valence-electron chi connectivity index (χ0n) is 15.1. The van der Waals surface area contributed by atoms with Crippen molar-refractivity contribution >= 4 is 5.91 Å². The molecule has 0 fully saturated rings. The molecule has 0 spiro atoms. The lowest BCUT2D eigenvalue weighted by Crippen LogP contribution is -2.08. The highest BCUT2D eigenvalue weighted by atomic mass is 16.1. The molecule has 0 rings (SSSR count). The van der Waals surface area contributed by atoms with Gasteiger partial charge in [-0.3, -0.25) is 4.79 Å². The van der Waals surface area contributed by atoms with Gasteiger partial charge in [-0.25, -0.2) is 0 Å². The van der Waals surface area contributed by atoms with Crippen LogP contribution in [0.2, 0.25) is 0 Å². The van der Waals surface area contributed by atoms with Crippen molar-refractivity contribution in [1.29, 1.82) is 0 Å². The summed E-state index contributed by atoms with van der Waals surface area (Å²) >= 11 is 0. The van der Waals surface area contributed by atoms with Gasteiger partial charge in [0.1, 0.15) is 0 Å². The number of amides is 1. The minimum absolute atomic E-state index is 0.241. The summed E-state index contributed by atoms with van der Waals surface area (Å²) in [5.74, 6) is -0.241. The van der Waals surface area contributed by atoms with Crippen molar-refractivity contribution in [3.63, 3.8) is 0 Å². The first kappa shape index (κ1) is 21.9. The Kier molecular flexibility index (Phi) is 17.3. The fourth-order valence-electron chi connectivity index (χ4n) is 1.87. The zero-order chi connectivity index (χ0) is 17.7. The van der Waals surface area contributed by atoms with Gasteiger partial charge in [0.2, 0.25) is 5.91 Å². The van der Waals surface area contributed by atoms with Crippen LogP contribution in [0, 0.1) is 0 Å². The van der Waals surface area contributed by atoms with Crippen LogP contribution >= 0.6 is 0 Å². The molecule has 0 aromatic carbocycles. The third kappa shape index (κ3) is 19.9. The van der Waals surface area contributed by atoms with Gasteiger partial charge < -0.3 is 5.73 Å². The highest BCUT2D eigenvalue weighted by molar-refractivity contribution is 5.73. The van der Waals surface area contributed by atoms with Gasteiger partial charge in [0.05, 0.1) is 0 Å². The average Bonchev–Trinajstić information content (AvgIpc) is 2.56. The summed E-state index contributed by atoms with van der Waals surface area (Å²) in [7, 11) is 0. The van der Waals surface area contributed by atoms with Crippen molar-refractivity contribution in [2.45, 2.75) is 58.3 Å². The van der Waals surface area contributed by atoms with Crippen molar-refractivity contribution in [3.05, 3.63) is 72.9 Å². The Morgan fingerprint density at radius 2 is 0.958 bits per heavy atom. The van der Waals surface area contributed by atoms with E-state index in [2.05, 4.69) is 73.8 Å². The van der Waals surface area contributed by atoms with E-state index in [9.17, 15) is 4.79 Å². The van der Waals surface area contributed by atoms with Gasteiger partial charge >= 0.3 is 0 Å². The second kappa shape index (κ2) is 19.0. The maximum atomic E-state index is 10.5. The molecular formula is C22H33NO. The number of rotatable bonds is 14. The van der Waals surface area contributed by atoms with E-state index in [1.54, 1.807) is 0 Å². The fraction of sp³-hybridized carbons (Fsp3) is 0.409. The Morgan fingerprint density at radius 3 is 1.29 bits per heavy atom. The lowest BCUT2D eigenvalue weighted by Gasteiger charge is -1.88. The van der Waals surface area contributed by atoms with Gasteiger partial charge in [-0.2, -0.15) is 0 Å². The van der Waals surface area contributed by atoms with E-state index in [0.717, 1.165) is 44.9 Å². The second-order valence-corrected chi connectivity index (χ2v) is 5.42. The predicted molar refractivity (Wildman–Crippen MR) is 107 cm³/mol. The number of primary amides is 1. The number of carbonyl (C=O) groups is 1. The Hall–Kier alpha value is -2.09. The number of hydrogen-bond donors (Lipinski definition) is 1. The monoisotopic (exact) mass is 327 g/mol. The van der Waals surface area contributed by atoms with Crippen LogP contribution in [0.1, 0.15) is 58.3 Å². The molecule has 0 atom stereocenters. The van der Waals surface area contributed by atoms with E-state index >= 15 is 0 Å². The number of allylic oxidation sites excluding steroid dienone is 12. The van der Waals surface area contributed by atoms with Crippen LogP contribution in [0.4, 0.5) is 0 Å². The summed E-state index contributed by atoms with van der Waals surface area (Å²) in [6.45, 7) is 2.15. The minimum Gasteiger partial charge on any atom is -0.370 e. The summed E-state index contributed by atoms with van der Waals surface area (Å²) in [4.78, 5) is 10.5. The van der Waals surface area contributed by atoms with Crippen molar-refractivity contribution in [3.8, 4) is 0 Å². The van der Waals surface area contributed by atoms with E-state index in [1.165, 1.54) is 0 Å². The van der Waals surface area contributed by atoms with Gasteiger partial charge in [0.15, 0.2) is 0 Å². The molecule has 132 valence electrons. The molecule has 2 nitrogen and oxygen atoms in total. The van der Waals surface area contributed by atoms with Crippen molar-refractivity contribution in [1.82, 2.24) is 0 Å². The van der Waals surface area contributed by atoms with Crippen LogP contribution in [-0.2, 0) is 4.79 Å². The van der Waals surface area contributed by atoms with Crippen molar-refractivity contribution < 1.29 is 4.79 Å². The Balaban J connectivity index is 3.51. The third-order valence-electron chi connectivity index (χ3n) is 3.15. The van der Waals surface area contributed by atoms with Crippen LogP contribution in [0.3, 0.4) is 0 Å². The van der Waals surface area contributed by atoms with E-state index in [0.29, 0.717) is 6.42 Å². The molecule has 0 aliphatic rings. The summed E-state index contributed by atoms with van der Waals surface area (Å²) < 4.78 is 0. The quantitative estimate of drug-likeness (QED) is 0.394. The molecule has 2 N–H and O–H groups in total. The van der Waals surface area contributed by atoms with Gasteiger partial charge in [0.25, 0.3) is 0 Å². The maximum Gasteiger partial charge on any atom is 0.217 e. The topological polar surface area (TPSA) is 43.1 Å². The summed E-state index contributed by atoms with van der Waals surface area (Å²) in [6, 6.07) is 0. The number of carbonyl (C=O) groups excluding carboxylic acids is 1. The SMILES string of the molecule is CC/C=C\C/C=C\C/C=C/C/C=C/C/C=C/C/C=C/CCC(N)=O. The molecule has 0 saturated carbocycles. The zero-order valence-corrected chi connectivity index (χ0v) is 15.1. The fourth-order valence-corrected chi connectivity index (χ4v) is 1.87. The van der Waals surface area contributed by atoms with Gasteiger partial charge in [0, 0.05) is 6.42 Å². The van der Waals surface area contributed by atoms with Gasteiger partial charge in [-0.15, -0.1) is 0 Å². The average molecular weight is 328 g/mol. The first-order valence-electron chi connectivity index (χ1n) is 8.95. The predicted octanol–water partition coefficient (Wildman–Crippen LogP) is 5.95. The molecule has 0 aromatic heterocycles. The molecule has 0 aliphatic carbocycles. The normalized spacial score (nSPS) is 13.0. The lowest BCUT2D eigenvalue weighted by molar-refractivity contribution is -0.117. The lowest BCUT2D eigenvalue weighted by atomic mass is 10.2. The second-order valence-electron chi connectivity index (χ2n) is 5.42. The molecule has 2 heteroatoms. The van der Waals surface area contributed by atoms with Crippen LogP contribution in [0.25, 0.3) is 0 Å². The highest BCUT2D eigenvalue weighted by Gasteiger charge is 1.87. The molecule has 0 unspecified atom stereocenters. The smallest absolute Gasteiger partial charge is 0.217 e. The molecular weight excluding hydrogens is 294 g/mol. The standard InChI is InChI=1S/C22H33NO/c1-2-3-4-5-6-7-8-9-10-11-12-13-14-15-16-17-18-19-20-21-22(23)24/h3-4,6-7,9-10,12-13,15-16,18-19H,2,5,8,11,14,17,20-21H2,1H3,(H2,23,24)/b4-3-,7-6-,10-9+,13-12+,16-15+,19-18+. The molecule has 0 aliphatic heterocycles. The first-order valence-corrected chi connectivity index (χ1v) is 8.95. The number of nitrogens with two attached hydrogens (primary N) is 1. The Morgan fingerprint density at radius 1 is 0.625 bits per heavy atom. The highest BCUT2D eigenvalue weighted by Crippen LogP contribution is 1.97. The van der Waals surface area contributed by atoms with E-state index in [-0.39, 0.29) is 5.91 Å². The molecule has 0 radical (unpaired) electrons. The summed E-state index contributed by atoms with van der Waals surface area (Å²) in [6.07, 6.45) is 33.2. The first-order chi connectivity index (χ1) is 11.8. The maximum absolute atomic E-state index is 10.5. The molecule has 0 bridgehead atoms. The largest absolute Gasteiger partial charge is 0.370 e. The van der Waals surface area contributed by atoms with Crippen LogP contribution in [0.5, 0.6) is 0 Å².